The Bertz CT molecular complexity index is 709. The Balaban J connectivity index is 1.84. The van der Waals surface area contributed by atoms with Crippen LogP contribution in [-0.4, -0.2) is 5.11 Å². The number of aliphatic hydroxyl groups excluding tert-OH is 1. The lowest BCUT2D eigenvalue weighted by Gasteiger charge is -2.23. The Morgan fingerprint density at radius 3 is 1.62 bits per heavy atom. The van der Waals surface area contributed by atoms with Crippen LogP contribution in [0.4, 0.5) is 0 Å². The highest BCUT2D eigenvalue weighted by Gasteiger charge is 2.27. The molecule has 0 spiro atoms. The first-order valence-corrected chi connectivity index (χ1v) is 9.45. The van der Waals surface area contributed by atoms with Crippen molar-refractivity contribution in [1.29, 1.82) is 0 Å². The zero-order valence-electron chi connectivity index (χ0n) is 12.7. The maximum absolute atomic E-state index is 10.8. The fraction of sp³-hybridized carbons (Fsp3) is 0.0526. The largest absolute Gasteiger partial charge is 0.437 e. The second-order valence-corrected chi connectivity index (χ2v) is 7.36. The van der Waals surface area contributed by atoms with Gasteiger partial charge < -0.3 is 14.2 Å². The van der Waals surface area contributed by atoms with E-state index in [0.717, 1.165) is 10.0 Å². The molecule has 0 aliphatic carbocycles. The van der Waals surface area contributed by atoms with E-state index in [-0.39, 0.29) is 0 Å². The average Bonchev–Trinajstić information content (AvgIpc) is 2.63. The van der Waals surface area contributed by atoms with Gasteiger partial charge in [0.05, 0.1) is 0 Å². The van der Waals surface area contributed by atoms with Crippen molar-refractivity contribution in [2.24, 2.45) is 0 Å². The Morgan fingerprint density at radius 2 is 1.17 bits per heavy atom. The summed E-state index contributed by atoms with van der Waals surface area (Å²) in [4.78, 5) is 0. The lowest BCUT2D eigenvalue weighted by Crippen LogP contribution is -2.05. The third-order valence-electron chi connectivity index (χ3n) is 3.25. The molecular weight excluding hydrogens is 387 g/mol. The first-order chi connectivity index (χ1) is 11.7. The molecule has 0 aromatic heterocycles. The Labute approximate surface area is 150 Å². The standard InChI is InChI=1S/C19H16BrO3P/c20-16-13-11-15(12-14-16)19(21)24(22-17-7-3-1-4-8-17)23-18-9-5-2-6-10-18/h1-14,19,21H. The summed E-state index contributed by atoms with van der Waals surface area (Å²) in [5.74, 6) is 0.458. The number of para-hydroxylation sites is 2. The van der Waals surface area contributed by atoms with Gasteiger partial charge in [-0.25, -0.2) is 0 Å². The number of rotatable bonds is 6. The van der Waals surface area contributed by atoms with E-state index in [1.807, 2.05) is 84.9 Å². The summed E-state index contributed by atoms with van der Waals surface area (Å²) >= 11 is 3.40. The van der Waals surface area contributed by atoms with E-state index in [9.17, 15) is 5.11 Å². The second kappa shape index (κ2) is 8.29. The monoisotopic (exact) mass is 402 g/mol. The normalized spacial score (nSPS) is 12.0. The van der Waals surface area contributed by atoms with E-state index in [0.29, 0.717) is 11.5 Å². The summed E-state index contributed by atoms with van der Waals surface area (Å²) in [5.41, 5.74) is 0.746. The van der Waals surface area contributed by atoms with Crippen LogP contribution in [0.5, 0.6) is 11.5 Å². The van der Waals surface area contributed by atoms with Crippen LogP contribution >= 0.6 is 24.3 Å². The van der Waals surface area contributed by atoms with Crippen molar-refractivity contribution >= 4 is 24.3 Å². The molecule has 0 fully saturated rings. The highest BCUT2D eigenvalue weighted by Crippen LogP contribution is 2.51. The molecule has 3 aromatic carbocycles. The van der Waals surface area contributed by atoms with E-state index in [4.69, 9.17) is 9.05 Å². The summed E-state index contributed by atoms with van der Waals surface area (Å²) in [6.07, 6.45) is 0. The van der Waals surface area contributed by atoms with Crippen LogP contribution in [0, 0.1) is 0 Å². The summed E-state index contributed by atoms with van der Waals surface area (Å²) < 4.78 is 12.8. The van der Waals surface area contributed by atoms with Crippen LogP contribution < -0.4 is 9.05 Å². The average molecular weight is 403 g/mol. The Kier molecular flexibility index (Phi) is 5.86. The molecule has 1 atom stereocenters. The highest BCUT2D eigenvalue weighted by molar-refractivity contribution is 9.10. The topological polar surface area (TPSA) is 38.7 Å². The molecule has 1 unspecified atom stereocenters. The molecule has 122 valence electrons. The van der Waals surface area contributed by atoms with Crippen molar-refractivity contribution < 1.29 is 14.2 Å². The highest BCUT2D eigenvalue weighted by atomic mass is 79.9. The minimum atomic E-state index is -1.62. The zero-order chi connectivity index (χ0) is 16.8. The Hall–Kier alpha value is -1.87. The number of halogens is 1. The van der Waals surface area contributed by atoms with Crippen molar-refractivity contribution in [2.45, 2.75) is 5.85 Å². The molecule has 1 N–H and O–H groups in total. The molecule has 3 rings (SSSR count). The van der Waals surface area contributed by atoms with Gasteiger partial charge in [0.1, 0.15) is 11.5 Å². The van der Waals surface area contributed by atoms with Gasteiger partial charge in [-0.1, -0.05) is 64.5 Å². The van der Waals surface area contributed by atoms with Crippen molar-refractivity contribution in [1.82, 2.24) is 0 Å². The van der Waals surface area contributed by atoms with Gasteiger partial charge in [0.15, 0.2) is 5.85 Å². The van der Waals surface area contributed by atoms with Gasteiger partial charge >= 0.3 is 8.38 Å². The summed E-state index contributed by atoms with van der Waals surface area (Å²) in [5, 5.41) is 10.8. The predicted octanol–water partition coefficient (Wildman–Crippen LogP) is 5.91. The molecule has 0 saturated carbocycles. The smallest absolute Gasteiger partial charge is 0.326 e. The van der Waals surface area contributed by atoms with Crippen molar-refractivity contribution in [2.75, 3.05) is 0 Å². The first kappa shape index (κ1) is 17.0. The van der Waals surface area contributed by atoms with Gasteiger partial charge in [-0.3, -0.25) is 0 Å². The number of hydrogen-bond acceptors (Lipinski definition) is 3. The van der Waals surface area contributed by atoms with Crippen LogP contribution in [0.2, 0.25) is 0 Å². The summed E-state index contributed by atoms with van der Waals surface area (Å²) in [7, 11) is -1.62. The van der Waals surface area contributed by atoms with Crippen molar-refractivity contribution in [3.63, 3.8) is 0 Å². The van der Waals surface area contributed by atoms with Gasteiger partial charge in [-0.2, -0.15) is 0 Å². The molecule has 3 nitrogen and oxygen atoms in total. The van der Waals surface area contributed by atoms with Gasteiger partial charge in [-0.15, -0.1) is 0 Å². The SMILES string of the molecule is OC(c1ccc(Br)cc1)P(Oc1ccccc1)Oc1ccccc1. The molecule has 5 heteroatoms. The molecule has 0 saturated heterocycles. The summed E-state index contributed by atoms with van der Waals surface area (Å²) in [6.45, 7) is 0. The lowest BCUT2D eigenvalue weighted by molar-refractivity contribution is 0.237. The third kappa shape index (κ3) is 4.57. The van der Waals surface area contributed by atoms with Crippen LogP contribution in [0.15, 0.2) is 89.4 Å². The minimum absolute atomic E-state index is 0.663. The van der Waals surface area contributed by atoms with Gasteiger partial charge in [0.2, 0.25) is 0 Å². The minimum Gasteiger partial charge on any atom is -0.437 e. The number of benzene rings is 3. The molecule has 3 aromatic rings. The van der Waals surface area contributed by atoms with Gasteiger partial charge in [0, 0.05) is 4.47 Å². The van der Waals surface area contributed by atoms with Gasteiger partial charge in [-0.05, 0) is 42.0 Å². The van der Waals surface area contributed by atoms with E-state index in [1.165, 1.54) is 0 Å². The van der Waals surface area contributed by atoms with E-state index in [1.54, 1.807) is 0 Å². The second-order valence-electron chi connectivity index (χ2n) is 5.02. The quantitative estimate of drug-likeness (QED) is 0.520. The molecule has 0 amide bonds. The third-order valence-corrected chi connectivity index (χ3v) is 5.25. The van der Waals surface area contributed by atoms with E-state index in [2.05, 4.69) is 15.9 Å². The fourth-order valence-corrected chi connectivity index (χ4v) is 3.62. The van der Waals surface area contributed by atoms with E-state index < -0.39 is 14.2 Å². The van der Waals surface area contributed by atoms with Gasteiger partial charge in [0.25, 0.3) is 0 Å². The first-order valence-electron chi connectivity index (χ1n) is 7.41. The molecule has 0 aliphatic heterocycles. The lowest BCUT2D eigenvalue weighted by atomic mass is 10.2. The molecule has 0 bridgehead atoms. The number of hydrogen-bond donors (Lipinski definition) is 1. The van der Waals surface area contributed by atoms with Crippen LogP contribution in [-0.2, 0) is 0 Å². The summed E-state index contributed by atoms with van der Waals surface area (Å²) in [6, 6.07) is 26.2. The molecule has 24 heavy (non-hydrogen) atoms. The van der Waals surface area contributed by atoms with Crippen molar-refractivity contribution in [3.05, 3.63) is 95.0 Å². The number of aliphatic hydroxyl groups is 1. The molecule has 0 heterocycles. The molecule has 0 radical (unpaired) electrons. The molecule has 0 aliphatic rings. The van der Waals surface area contributed by atoms with Crippen LogP contribution in [0.25, 0.3) is 0 Å². The Morgan fingerprint density at radius 1 is 0.708 bits per heavy atom. The fourth-order valence-electron chi connectivity index (χ4n) is 2.05. The van der Waals surface area contributed by atoms with Crippen LogP contribution in [0.3, 0.4) is 0 Å². The predicted molar refractivity (Wildman–Crippen MR) is 100 cm³/mol. The van der Waals surface area contributed by atoms with E-state index >= 15 is 0 Å². The zero-order valence-corrected chi connectivity index (χ0v) is 15.2. The molecular formula is C19H16BrO3P. The maximum Gasteiger partial charge on any atom is 0.326 e. The van der Waals surface area contributed by atoms with Crippen molar-refractivity contribution in [3.8, 4) is 11.5 Å². The maximum atomic E-state index is 10.8. The van der Waals surface area contributed by atoms with Crippen LogP contribution in [0.1, 0.15) is 11.4 Å².